The van der Waals surface area contributed by atoms with Gasteiger partial charge in [0.05, 0.1) is 0 Å². The Bertz CT molecular complexity index is 550. The molecule has 0 saturated carbocycles. The van der Waals surface area contributed by atoms with Gasteiger partial charge < -0.3 is 15.3 Å². The van der Waals surface area contributed by atoms with Gasteiger partial charge in [-0.15, -0.1) is 0 Å². The van der Waals surface area contributed by atoms with E-state index in [4.69, 9.17) is 5.11 Å². The minimum Gasteiger partial charge on any atom is -0.478 e. The molecule has 1 aromatic rings. The number of amides is 1. The van der Waals surface area contributed by atoms with Gasteiger partial charge in [-0.2, -0.15) is 0 Å². The smallest absolute Gasteiger partial charge is 0.328 e. The summed E-state index contributed by atoms with van der Waals surface area (Å²) in [5, 5.41) is 11.6. The van der Waals surface area contributed by atoms with Gasteiger partial charge in [0.15, 0.2) is 0 Å². The number of carbonyl (C=O) groups is 2. The van der Waals surface area contributed by atoms with Gasteiger partial charge in [0.2, 0.25) is 0 Å². The Kier molecular flexibility index (Phi) is 6.11. The summed E-state index contributed by atoms with van der Waals surface area (Å²) in [5.41, 5.74) is 2.22. The predicted molar refractivity (Wildman–Crippen MR) is 83.3 cm³/mol. The molecule has 0 heterocycles. The second-order valence-corrected chi connectivity index (χ2v) is 5.38. The van der Waals surface area contributed by atoms with Crippen LogP contribution in [0.2, 0.25) is 0 Å². The molecule has 0 bridgehead atoms. The van der Waals surface area contributed by atoms with E-state index in [9.17, 15) is 9.59 Å². The van der Waals surface area contributed by atoms with Crippen molar-refractivity contribution in [2.45, 2.75) is 19.9 Å². The predicted octanol–water partition coefficient (Wildman–Crippen LogP) is 1.77. The van der Waals surface area contributed by atoms with Crippen molar-refractivity contribution in [2.75, 3.05) is 20.6 Å². The number of aryl methyl sites for hydroxylation is 1. The molecule has 0 aromatic heterocycles. The highest BCUT2D eigenvalue weighted by Crippen LogP contribution is 2.13. The largest absolute Gasteiger partial charge is 0.478 e. The van der Waals surface area contributed by atoms with Gasteiger partial charge in [-0.05, 0) is 57.3 Å². The first-order valence-electron chi connectivity index (χ1n) is 6.77. The number of aliphatic carboxylic acids is 1. The van der Waals surface area contributed by atoms with Crippen LogP contribution in [0.5, 0.6) is 0 Å². The van der Waals surface area contributed by atoms with E-state index in [0.717, 1.165) is 23.7 Å². The Labute approximate surface area is 125 Å². The normalized spacial score (nSPS) is 12.6. The molecule has 0 radical (unpaired) electrons. The second kappa shape index (κ2) is 7.59. The lowest BCUT2D eigenvalue weighted by Crippen LogP contribution is -2.39. The van der Waals surface area contributed by atoms with Crippen molar-refractivity contribution in [3.8, 4) is 0 Å². The first-order valence-corrected chi connectivity index (χ1v) is 6.77. The van der Waals surface area contributed by atoms with Crippen molar-refractivity contribution in [1.29, 1.82) is 0 Å². The zero-order chi connectivity index (χ0) is 16.0. The number of benzene rings is 1. The molecule has 0 saturated heterocycles. The summed E-state index contributed by atoms with van der Waals surface area (Å²) in [6.07, 6.45) is 2.61. The van der Waals surface area contributed by atoms with E-state index < -0.39 is 5.97 Å². The third kappa shape index (κ3) is 5.79. The number of nitrogens with one attached hydrogen (secondary N) is 1. The summed E-state index contributed by atoms with van der Waals surface area (Å²) in [4.78, 5) is 24.6. The summed E-state index contributed by atoms with van der Waals surface area (Å²) in [5.74, 6) is -1.12. The van der Waals surface area contributed by atoms with E-state index in [-0.39, 0.29) is 11.9 Å². The van der Waals surface area contributed by atoms with Crippen LogP contribution >= 0.6 is 0 Å². The van der Waals surface area contributed by atoms with Gasteiger partial charge in [0, 0.05) is 24.2 Å². The summed E-state index contributed by atoms with van der Waals surface area (Å²) in [7, 11) is 3.91. The lowest BCUT2D eigenvalue weighted by Gasteiger charge is -2.18. The highest BCUT2D eigenvalue weighted by atomic mass is 16.4. The summed E-state index contributed by atoms with van der Waals surface area (Å²) < 4.78 is 0. The third-order valence-electron chi connectivity index (χ3n) is 2.95. The Balaban J connectivity index is 2.79. The molecule has 0 aliphatic rings. The average molecular weight is 290 g/mol. The summed E-state index contributed by atoms with van der Waals surface area (Å²) >= 11 is 0. The Morgan fingerprint density at radius 1 is 1.38 bits per heavy atom. The molecule has 1 atom stereocenters. The van der Waals surface area contributed by atoms with Gasteiger partial charge in [-0.1, -0.05) is 6.07 Å². The molecule has 0 spiro atoms. The van der Waals surface area contributed by atoms with Crippen LogP contribution in [0, 0.1) is 6.92 Å². The maximum atomic E-state index is 12.1. The topological polar surface area (TPSA) is 69.6 Å². The first-order chi connectivity index (χ1) is 9.79. The van der Waals surface area contributed by atoms with E-state index in [1.807, 2.05) is 32.8 Å². The third-order valence-corrected chi connectivity index (χ3v) is 2.95. The molecule has 0 fully saturated rings. The highest BCUT2D eigenvalue weighted by molar-refractivity contribution is 5.95. The maximum Gasteiger partial charge on any atom is 0.328 e. The van der Waals surface area contributed by atoms with Crippen molar-refractivity contribution >= 4 is 18.0 Å². The van der Waals surface area contributed by atoms with Crippen molar-refractivity contribution in [3.05, 3.63) is 41.0 Å². The van der Waals surface area contributed by atoms with Crippen LogP contribution in [0.15, 0.2) is 24.3 Å². The van der Waals surface area contributed by atoms with Crippen LogP contribution < -0.4 is 5.32 Å². The fourth-order valence-electron chi connectivity index (χ4n) is 2.07. The van der Waals surface area contributed by atoms with Crippen molar-refractivity contribution < 1.29 is 14.7 Å². The maximum absolute atomic E-state index is 12.1. The molecular weight excluding hydrogens is 268 g/mol. The molecule has 21 heavy (non-hydrogen) atoms. The number of nitrogens with zero attached hydrogens (tertiary/aromatic N) is 1. The van der Waals surface area contributed by atoms with E-state index in [1.54, 1.807) is 18.2 Å². The monoisotopic (exact) mass is 290 g/mol. The van der Waals surface area contributed by atoms with Crippen LogP contribution in [0.25, 0.3) is 6.08 Å². The number of carboxylic acid groups (broad SMARTS) is 1. The standard InChI is InChI=1S/C16H22N2O3/c1-11-9-14(6-5-13(11)7-8-15(19)20)16(21)17-12(2)10-18(3)4/h5-9,12H,10H2,1-4H3,(H,17,21)(H,19,20)/b8-7+. The number of carbonyl (C=O) groups excluding carboxylic acids is 1. The molecule has 2 N–H and O–H groups in total. The van der Waals surface area contributed by atoms with Crippen molar-refractivity contribution in [2.24, 2.45) is 0 Å². The Morgan fingerprint density at radius 3 is 2.57 bits per heavy atom. The molecule has 5 nitrogen and oxygen atoms in total. The SMILES string of the molecule is Cc1cc(C(=O)NC(C)CN(C)C)ccc1/C=C/C(=O)O. The van der Waals surface area contributed by atoms with Gasteiger partial charge in [0.1, 0.15) is 0 Å². The number of rotatable bonds is 6. The minimum absolute atomic E-state index is 0.0550. The molecule has 1 aromatic carbocycles. The number of hydrogen-bond donors (Lipinski definition) is 2. The van der Waals surface area contributed by atoms with Gasteiger partial charge in [-0.3, -0.25) is 4.79 Å². The van der Waals surface area contributed by atoms with Crippen LogP contribution in [0.3, 0.4) is 0 Å². The molecule has 0 aliphatic heterocycles. The average Bonchev–Trinajstić information content (AvgIpc) is 2.35. The minimum atomic E-state index is -0.992. The summed E-state index contributed by atoms with van der Waals surface area (Å²) in [6, 6.07) is 5.27. The van der Waals surface area contributed by atoms with E-state index >= 15 is 0 Å². The molecule has 5 heteroatoms. The van der Waals surface area contributed by atoms with E-state index in [0.29, 0.717) is 5.56 Å². The second-order valence-electron chi connectivity index (χ2n) is 5.38. The zero-order valence-electron chi connectivity index (χ0n) is 12.9. The Hall–Kier alpha value is -2.14. The fourth-order valence-corrected chi connectivity index (χ4v) is 2.07. The number of carboxylic acids is 1. The molecule has 114 valence electrons. The van der Waals surface area contributed by atoms with Crippen LogP contribution in [-0.2, 0) is 4.79 Å². The van der Waals surface area contributed by atoms with Crippen LogP contribution in [0.1, 0.15) is 28.4 Å². The first kappa shape index (κ1) is 16.9. The number of likely N-dealkylation sites (N-methyl/N-ethyl adjacent to an activating group) is 1. The van der Waals surface area contributed by atoms with Crippen molar-refractivity contribution in [1.82, 2.24) is 10.2 Å². The fraction of sp³-hybridized carbons (Fsp3) is 0.375. The van der Waals surface area contributed by atoms with E-state index in [2.05, 4.69) is 5.32 Å². The van der Waals surface area contributed by atoms with Crippen molar-refractivity contribution in [3.63, 3.8) is 0 Å². The lowest BCUT2D eigenvalue weighted by atomic mass is 10.0. The highest BCUT2D eigenvalue weighted by Gasteiger charge is 2.11. The van der Waals surface area contributed by atoms with Crippen LogP contribution in [-0.4, -0.2) is 48.6 Å². The lowest BCUT2D eigenvalue weighted by molar-refractivity contribution is -0.131. The van der Waals surface area contributed by atoms with Crippen LogP contribution in [0.4, 0.5) is 0 Å². The van der Waals surface area contributed by atoms with Gasteiger partial charge in [0.25, 0.3) is 5.91 Å². The zero-order valence-corrected chi connectivity index (χ0v) is 12.9. The number of hydrogen-bond acceptors (Lipinski definition) is 3. The molecule has 1 amide bonds. The molecular formula is C16H22N2O3. The molecule has 1 unspecified atom stereocenters. The van der Waals surface area contributed by atoms with E-state index in [1.165, 1.54) is 6.08 Å². The molecule has 0 aliphatic carbocycles. The Morgan fingerprint density at radius 2 is 2.05 bits per heavy atom. The van der Waals surface area contributed by atoms with Gasteiger partial charge >= 0.3 is 5.97 Å². The quantitative estimate of drug-likeness (QED) is 0.783. The van der Waals surface area contributed by atoms with Gasteiger partial charge in [-0.25, -0.2) is 4.79 Å². The molecule has 1 rings (SSSR count). The summed E-state index contributed by atoms with van der Waals surface area (Å²) in [6.45, 7) is 4.57.